The number of nitrogens with two attached hydrogens (primary N) is 1. The second-order valence-electron chi connectivity index (χ2n) is 5.02. The predicted octanol–water partition coefficient (Wildman–Crippen LogP) is 1.66. The lowest BCUT2D eigenvalue weighted by Crippen LogP contribution is -2.30. The molecule has 122 valence electrons. The number of carbonyl (C=O) groups excluding carboxylic acids is 1. The molecule has 0 unspecified atom stereocenters. The molecule has 0 aliphatic rings. The van der Waals surface area contributed by atoms with Crippen LogP contribution >= 0.6 is 0 Å². The van der Waals surface area contributed by atoms with Crippen LogP contribution in [-0.2, 0) is 21.3 Å². The normalized spacial score (nSPS) is 12.6. The van der Waals surface area contributed by atoms with E-state index in [0.29, 0.717) is 6.42 Å². The first kappa shape index (κ1) is 17.1. The van der Waals surface area contributed by atoms with E-state index in [-0.39, 0.29) is 12.2 Å². The number of benzene rings is 2. The van der Waals surface area contributed by atoms with Crippen LogP contribution in [0.15, 0.2) is 59.5 Å². The average Bonchev–Trinajstić information content (AvgIpc) is 2.53. The number of rotatable bonds is 6. The maximum Gasteiger partial charge on any atom is 0.339 e. The minimum absolute atomic E-state index is 0.0620. The van der Waals surface area contributed by atoms with Gasteiger partial charge in [0.2, 0.25) is 0 Å². The van der Waals surface area contributed by atoms with Crippen LogP contribution < -0.4 is 5.73 Å². The fourth-order valence-corrected chi connectivity index (χ4v) is 2.78. The summed E-state index contributed by atoms with van der Waals surface area (Å²) in [5.41, 5.74) is 6.70. The summed E-state index contributed by atoms with van der Waals surface area (Å²) in [5.74, 6) is -0.846. The molecule has 1 atom stereocenters. The molecule has 2 aromatic rings. The van der Waals surface area contributed by atoms with E-state index in [1.165, 1.54) is 18.2 Å². The van der Waals surface area contributed by atoms with Crippen molar-refractivity contribution in [2.75, 3.05) is 6.61 Å². The van der Waals surface area contributed by atoms with Gasteiger partial charge in [0.05, 0.1) is 5.56 Å². The summed E-state index contributed by atoms with van der Waals surface area (Å²) in [5, 5.41) is 0. The summed E-state index contributed by atoms with van der Waals surface area (Å²) in [6, 6.07) is 14.4. The summed E-state index contributed by atoms with van der Waals surface area (Å²) in [7, 11) is -4.50. The van der Waals surface area contributed by atoms with Crippen LogP contribution in [0, 0.1) is 0 Å². The van der Waals surface area contributed by atoms with Crippen LogP contribution in [0.4, 0.5) is 0 Å². The molecule has 2 rings (SSSR count). The van der Waals surface area contributed by atoms with Gasteiger partial charge < -0.3 is 10.5 Å². The van der Waals surface area contributed by atoms with E-state index in [4.69, 9.17) is 15.0 Å². The van der Waals surface area contributed by atoms with E-state index in [9.17, 15) is 13.2 Å². The lowest BCUT2D eigenvalue weighted by molar-refractivity contribution is 0.0476. The van der Waals surface area contributed by atoms with E-state index in [2.05, 4.69) is 0 Å². The Balaban J connectivity index is 2.00. The van der Waals surface area contributed by atoms with Crippen LogP contribution in [-0.4, -0.2) is 31.6 Å². The number of esters is 1. The van der Waals surface area contributed by atoms with Crippen molar-refractivity contribution in [2.24, 2.45) is 5.73 Å². The SMILES string of the molecule is N[C@H](COC(=O)c1ccccc1S(=O)(=O)O)Cc1ccccc1. The Labute approximate surface area is 134 Å². The molecule has 0 fully saturated rings. The minimum Gasteiger partial charge on any atom is -0.460 e. The van der Waals surface area contributed by atoms with Gasteiger partial charge in [0.15, 0.2) is 0 Å². The molecule has 0 spiro atoms. The second kappa shape index (κ2) is 7.36. The third-order valence-electron chi connectivity index (χ3n) is 3.15. The molecule has 2 aromatic carbocycles. The molecule has 0 aliphatic carbocycles. The largest absolute Gasteiger partial charge is 0.460 e. The molecular weight excluding hydrogens is 318 g/mol. The Kier molecular flexibility index (Phi) is 5.49. The van der Waals surface area contributed by atoms with Gasteiger partial charge in [0, 0.05) is 6.04 Å². The van der Waals surface area contributed by atoms with Crippen molar-refractivity contribution >= 4 is 16.1 Å². The molecule has 0 heterocycles. The van der Waals surface area contributed by atoms with Crippen molar-refractivity contribution in [3.63, 3.8) is 0 Å². The Morgan fingerprint density at radius 1 is 1.09 bits per heavy atom. The standard InChI is InChI=1S/C16H17NO5S/c17-13(10-12-6-2-1-3-7-12)11-22-16(18)14-8-4-5-9-15(14)23(19,20)21/h1-9,13H,10-11,17H2,(H,19,20,21)/t13-/m0/s1. The smallest absolute Gasteiger partial charge is 0.339 e. The lowest BCUT2D eigenvalue weighted by atomic mass is 10.1. The highest BCUT2D eigenvalue weighted by Crippen LogP contribution is 2.16. The highest BCUT2D eigenvalue weighted by Gasteiger charge is 2.21. The highest BCUT2D eigenvalue weighted by atomic mass is 32.2. The monoisotopic (exact) mass is 335 g/mol. The van der Waals surface area contributed by atoms with Gasteiger partial charge in [-0.2, -0.15) is 8.42 Å². The van der Waals surface area contributed by atoms with Gasteiger partial charge in [-0.1, -0.05) is 42.5 Å². The van der Waals surface area contributed by atoms with E-state index in [1.807, 2.05) is 30.3 Å². The first-order valence-corrected chi connectivity index (χ1v) is 8.35. The fraction of sp³-hybridized carbons (Fsp3) is 0.188. The summed E-state index contributed by atoms with van der Waals surface area (Å²) < 4.78 is 36.7. The number of hydrogen-bond acceptors (Lipinski definition) is 5. The van der Waals surface area contributed by atoms with E-state index in [0.717, 1.165) is 11.6 Å². The molecule has 0 amide bonds. The van der Waals surface area contributed by atoms with E-state index < -0.39 is 27.0 Å². The van der Waals surface area contributed by atoms with E-state index >= 15 is 0 Å². The zero-order chi connectivity index (χ0) is 16.9. The van der Waals surface area contributed by atoms with Crippen molar-refractivity contribution in [3.8, 4) is 0 Å². The Hall–Kier alpha value is -2.22. The molecule has 3 N–H and O–H groups in total. The van der Waals surface area contributed by atoms with Crippen LogP contribution in [0.2, 0.25) is 0 Å². The molecular formula is C16H17NO5S. The van der Waals surface area contributed by atoms with Crippen molar-refractivity contribution < 1.29 is 22.5 Å². The third-order valence-corrected chi connectivity index (χ3v) is 4.07. The Bertz CT molecular complexity index is 774. The number of carbonyl (C=O) groups is 1. The zero-order valence-electron chi connectivity index (χ0n) is 12.3. The van der Waals surface area contributed by atoms with Gasteiger partial charge >= 0.3 is 5.97 Å². The molecule has 0 saturated carbocycles. The van der Waals surface area contributed by atoms with Gasteiger partial charge in [0.25, 0.3) is 10.1 Å². The highest BCUT2D eigenvalue weighted by molar-refractivity contribution is 7.86. The second-order valence-corrected chi connectivity index (χ2v) is 6.41. The van der Waals surface area contributed by atoms with Crippen LogP contribution in [0.5, 0.6) is 0 Å². The van der Waals surface area contributed by atoms with Crippen molar-refractivity contribution in [1.29, 1.82) is 0 Å². The van der Waals surface area contributed by atoms with Crippen LogP contribution in [0.25, 0.3) is 0 Å². The van der Waals surface area contributed by atoms with Crippen molar-refractivity contribution in [3.05, 3.63) is 65.7 Å². The summed E-state index contributed by atoms with van der Waals surface area (Å²) >= 11 is 0. The number of hydrogen-bond donors (Lipinski definition) is 2. The number of ether oxygens (including phenoxy) is 1. The molecule has 0 radical (unpaired) electrons. The van der Waals surface area contributed by atoms with Crippen LogP contribution in [0.1, 0.15) is 15.9 Å². The predicted molar refractivity (Wildman–Crippen MR) is 84.7 cm³/mol. The van der Waals surface area contributed by atoms with Gasteiger partial charge in [-0.05, 0) is 24.1 Å². The molecule has 0 bridgehead atoms. The van der Waals surface area contributed by atoms with Gasteiger partial charge in [-0.15, -0.1) is 0 Å². The summed E-state index contributed by atoms with van der Waals surface area (Å²) in [6.45, 7) is -0.0620. The zero-order valence-corrected chi connectivity index (χ0v) is 13.1. The Morgan fingerprint density at radius 3 is 2.35 bits per heavy atom. The summed E-state index contributed by atoms with van der Waals surface area (Å²) in [4.78, 5) is 11.5. The van der Waals surface area contributed by atoms with Crippen molar-refractivity contribution in [1.82, 2.24) is 0 Å². The molecule has 0 aromatic heterocycles. The topological polar surface area (TPSA) is 107 Å². The van der Waals surface area contributed by atoms with Crippen LogP contribution in [0.3, 0.4) is 0 Å². The fourth-order valence-electron chi connectivity index (χ4n) is 2.10. The van der Waals surface area contributed by atoms with Gasteiger partial charge in [-0.25, -0.2) is 4.79 Å². The van der Waals surface area contributed by atoms with Gasteiger partial charge in [0.1, 0.15) is 11.5 Å². The molecule has 23 heavy (non-hydrogen) atoms. The maximum atomic E-state index is 12.0. The first-order chi connectivity index (χ1) is 10.9. The van der Waals surface area contributed by atoms with Gasteiger partial charge in [-0.3, -0.25) is 4.55 Å². The quantitative estimate of drug-likeness (QED) is 0.614. The average molecular weight is 335 g/mol. The summed E-state index contributed by atoms with van der Waals surface area (Å²) in [6.07, 6.45) is 0.522. The first-order valence-electron chi connectivity index (χ1n) is 6.91. The molecule has 0 aliphatic heterocycles. The molecule has 7 heteroatoms. The maximum absolute atomic E-state index is 12.0. The minimum atomic E-state index is -4.50. The van der Waals surface area contributed by atoms with Crippen molar-refractivity contribution in [2.45, 2.75) is 17.4 Å². The Morgan fingerprint density at radius 2 is 1.70 bits per heavy atom. The van der Waals surface area contributed by atoms with E-state index in [1.54, 1.807) is 0 Å². The molecule has 0 saturated heterocycles. The third kappa shape index (κ3) is 4.88. The molecule has 6 nitrogen and oxygen atoms in total. The lowest BCUT2D eigenvalue weighted by Gasteiger charge is -2.13.